The van der Waals surface area contributed by atoms with Crippen LogP contribution < -0.4 is 5.32 Å². The van der Waals surface area contributed by atoms with Crippen molar-refractivity contribution < 1.29 is 24.5 Å². The van der Waals surface area contributed by atoms with Gasteiger partial charge in [-0.25, -0.2) is 0 Å². The van der Waals surface area contributed by atoms with Crippen molar-refractivity contribution in [2.45, 2.75) is 386 Å². The molecule has 0 radical (unpaired) electrons. The number of nitrogens with one attached hydrogen (secondary N) is 1. The topological polar surface area (TPSA) is 95.9 Å². The highest BCUT2D eigenvalue weighted by molar-refractivity contribution is 5.76. The first kappa shape index (κ1) is 72.3. The molecule has 0 spiro atoms. The van der Waals surface area contributed by atoms with Gasteiger partial charge >= 0.3 is 5.97 Å². The molecule has 74 heavy (non-hydrogen) atoms. The Hall–Kier alpha value is -1.66. The molecular weight excluding hydrogens is 911 g/mol. The highest BCUT2D eigenvalue weighted by atomic mass is 16.5. The van der Waals surface area contributed by atoms with Crippen LogP contribution in [0.2, 0.25) is 0 Å². The zero-order valence-corrected chi connectivity index (χ0v) is 50.1. The van der Waals surface area contributed by atoms with E-state index in [-0.39, 0.29) is 18.5 Å². The number of esters is 1. The number of unbranched alkanes of at least 4 members (excludes halogenated alkanes) is 48. The third-order valence-electron chi connectivity index (χ3n) is 15.8. The predicted octanol–water partition coefficient (Wildman–Crippen LogP) is 21.4. The Kier molecular flexibility index (Phi) is 62.4. The van der Waals surface area contributed by atoms with Gasteiger partial charge in [-0.2, -0.15) is 0 Å². The molecule has 0 aliphatic heterocycles. The van der Waals surface area contributed by atoms with Crippen LogP contribution in [0.25, 0.3) is 0 Å². The first-order valence-electron chi connectivity index (χ1n) is 33.6. The molecule has 438 valence electrons. The van der Waals surface area contributed by atoms with E-state index in [1.807, 2.05) is 0 Å². The molecule has 6 nitrogen and oxygen atoms in total. The van der Waals surface area contributed by atoms with E-state index < -0.39 is 12.1 Å². The summed E-state index contributed by atoms with van der Waals surface area (Å²) in [5.74, 6) is -0.0571. The molecule has 0 aromatic rings. The molecule has 0 saturated heterocycles. The molecule has 0 aliphatic rings. The summed E-state index contributed by atoms with van der Waals surface area (Å²) < 4.78 is 5.48. The molecule has 0 saturated carbocycles. The maximum Gasteiger partial charge on any atom is 0.305 e. The lowest BCUT2D eigenvalue weighted by atomic mass is 10.0. The summed E-state index contributed by atoms with van der Waals surface area (Å²) in [5.41, 5.74) is 0. The zero-order chi connectivity index (χ0) is 53.6. The van der Waals surface area contributed by atoms with Gasteiger partial charge in [-0.05, 0) is 64.2 Å². The van der Waals surface area contributed by atoms with Crippen LogP contribution in [0.3, 0.4) is 0 Å². The lowest BCUT2D eigenvalue weighted by molar-refractivity contribution is -0.143. The van der Waals surface area contributed by atoms with Crippen LogP contribution in [0.5, 0.6) is 0 Å². The minimum absolute atomic E-state index is 0.0101. The lowest BCUT2D eigenvalue weighted by Gasteiger charge is -2.22. The van der Waals surface area contributed by atoms with E-state index in [1.165, 1.54) is 257 Å². The van der Waals surface area contributed by atoms with E-state index in [0.29, 0.717) is 25.9 Å². The van der Waals surface area contributed by atoms with Gasteiger partial charge in [0.15, 0.2) is 0 Å². The molecule has 0 heterocycles. The number of rotatable bonds is 63. The Morgan fingerprint density at radius 3 is 1.03 bits per heavy atom. The van der Waals surface area contributed by atoms with E-state index in [1.54, 1.807) is 0 Å². The van der Waals surface area contributed by atoms with Gasteiger partial charge in [-0.3, -0.25) is 9.59 Å². The minimum atomic E-state index is -0.676. The Morgan fingerprint density at radius 2 is 0.676 bits per heavy atom. The molecule has 0 aliphatic carbocycles. The van der Waals surface area contributed by atoms with Crippen LogP contribution in [0, 0.1) is 0 Å². The van der Waals surface area contributed by atoms with Crippen LogP contribution in [-0.4, -0.2) is 47.4 Å². The third kappa shape index (κ3) is 59.6. The van der Waals surface area contributed by atoms with Crippen molar-refractivity contribution in [2.24, 2.45) is 0 Å². The van der Waals surface area contributed by atoms with Crippen molar-refractivity contribution in [1.82, 2.24) is 5.32 Å². The molecule has 0 bridgehead atoms. The van der Waals surface area contributed by atoms with Crippen molar-refractivity contribution in [2.75, 3.05) is 13.2 Å². The Labute approximate surface area is 462 Å². The normalized spacial score (nSPS) is 12.6. The van der Waals surface area contributed by atoms with Gasteiger partial charge in [0.05, 0.1) is 25.4 Å². The number of carbonyl (C=O) groups excluding carboxylic acids is 2. The van der Waals surface area contributed by atoms with Crippen LogP contribution in [0.4, 0.5) is 0 Å². The first-order valence-corrected chi connectivity index (χ1v) is 33.6. The quantitative estimate of drug-likeness (QED) is 0.0320. The second-order valence-corrected chi connectivity index (χ2v) is 23.2. The van der Waals surface area contributed by atoms with Crippen molar-refractivity contribution in [1.29, 1.82) is 0 Å². The van der Waals surface area contributed by atoms with Crippen LogP contribution >= 0.6 is 0 Å². The maximum atomic E-state index is 12.5. The fraction of sp³-hybridized carbons (Fsp3) is 0.912. The summed E-state index contributed by atoms with van der Waals surface area (Å²) in [5, 5.41) is 23.4. The van der Waals surface area contributed by atoms with Crippen LogP contribution in [0.1, 0.15) is 373 Å². The maximum absolute atomic E-state index is 12.5. The van der Waals surface area contributed by atoms with E-state index >= 15 is 0 Å². The number of amides is 1. The molecule has 0 aromatic heterocycles. The largest absolute Gasteiger partial charge is 0.466 e. The van der Waals surface area contributed by atoms with E-state index in [0.717, 1.165) is 83.5 Å². The van der Waals surface area contributed by atoms with E-state index in [4.69, 9.17) is 4.74 Å². The number of ether oxygens (including phenoxy) is 1. The smallest absolute Gasteiger partial charge is 0.305 e. The van der Waals surface area contributed by atoms with Crippen molar-refractivity contribution in [3.63, 3.8) is 0 Å². The molecule has 0 rings (SSSR count). The van der Waals surface area contributed by atoms with Gasteiger partial charge in [0.25, 0.3) is 0 Å². The summed E-state index contributed by atoms with van der Waals surface area (Å²) in [6.07, 6.45) is 79.2. The number of carbonyl (C=O) groups is 2. The summed E-state index contributed by atoms with van der Waals surface area (Å²) >= 11 is 0. The van der Waals surface area contributed by atoms with Crippen LogP contribution in [-0.2, 0) is 14.3 Å². The Balaban J connectivity index is 3.46. The fourth-order valence-corrected chi connectivity index (χ4v) is 10.6. The van der Waals surface area contributed by atoms with Gasteiger partial charge in [0, 0.05) is 12.8 Å². The fourth-order valence-electron chi connectivity index (χ4n) is 10.6. The summed E-state index contributed by atoms with van der Waals surface area (Å²) in [6, 6.07) is -0.555. The number of aliphatic hydroxyl groups excluding tert-OH is 2. The second-order valence-electron chi connectivity index (χ2n) is 23.2. The Bertz CT molecular complexity index is 1150. The zero-order valence-electron chi connectivity index (χ0n) is 50.1. The van der Waals surface area contributed by atoms with Gasteiger partial charge in [0.1, 0.15) is 0 Å². The van der Waals surface area contributed by atoms with Gasteiger partial charge in [-0.1, -0.05) is 321 Å². The Morgan fingerprint density at radius 1 is 0.378 bits per heavy atom. The molecular formula is C68H131NO5. The van der Waals surface area contributed by atoms with Gasteiger partial charge in [-0.15, -0.1) is 0 Å². The third-order valence-corrected chi connectivity index (χ3v) is 15.8. The molecule has 6 heteroatoms. The highest BCUT2D eigenvalue weighted by Crippen LogP contribution is 2.19. The lowest BCUT2D eigenvalue weighted by Crippen LogP contribution is -2.45. The molecule has 3 N–H and O–H groups in total. The highest BCUT2D eigenvalue weighted by Gasteiger charge is 2.20. The average Bonchev–Trinajstić information content (AvgIpc) is 3.40. The first-order chi connectivity index (χ1) is 36.5. The molecule has 0 aromatic carbocycles. The second kappa shape index (κ2) is 63.9. The van der Waals surface area contributed by atoms with Gasteiger partial charge < -0.3 is 20.3 Å². The molecule has 0 fully saturated rings. The average molecular weight is 1040 g/mol. The van der Waals surface area contributed by atoms with E-state index in [2.05, 4.69) is 43.5 Å². The number of allylic oxidation sites excluding steroid dienone is 4. The number of hydrogen-bond acceptors (Lipinski definition) is 5. The minimum Gasteiger partial charge on any atom is -0.466 e. The molecule has 2 unspecified atom stereocenters. The SMILES string of the molecule is CCCCCCCCCCCCCCCCCCCCCCCCC(O)C(CO)NC(=O)CCCCCCCCC/C=C\C/C=C\CCCCCOC(=O)CCCCCCCCCCCCCCCCCCCC. The summed E-state index contributed by atoms with van der Waals surface area (Å²) in [4.78, 5) is 24.6. The molecule has 2 atom stereocenters. The number of aliphatic hydroxyl groups is 2. The van der Waals surface area contributed by atoms with Crippen molar-refractivity contribution >= 4 is 11.9 Å². The summed E-state index contributed by atoms with van der Waals surface area (Å²) in [6.45, 7) is 4.95. The van der Waals surface area contributed by atoms with Crippen LogP contribution in [0.15, 0.2) is 24.3 Å². The predicted molar refractivity (Wildman–Crippen MR) is 324 cm³/mol. The van der Waals surface area contributed by atoms with Gasteiger partial charge in [0.2, 0.25) is 5.91 Å². The number of hydrogen-bond donors (Lipinski definition) is 3. The molecule has 1 amide bonds. The van der Waals surface area contributed by atoms with E-state index in [9.17, 15) is 19.8 Å². The standard InChI is InChI=1S/C68H131NO5/c1-3-5-7-9-11-13-15-17-19-21-23-24-25-26-28-32-36-40-44-48-52-56-60-66(71)65(64-70)69-67(72)61-57-53-49-45-41-37-33-29-27-31-35-39-43-47-51-55-59-63-74-68(73)62-58-54-50-46-42-38-34-30-22-20-18-16-14-12-10-8-6-4-2/h27,31,39,43,65-66,70-71H,3-26,28-30,32-38,40-42,44-64H2,1-2H3,(H,69,72)/b31-27-,43-39-. The monoisotopic (exact) mass is 1040 g/mol. The van der Waals surface area contributed by atoms with Crippen molar-refractivity contribution in [3.05, 3.63) is 24.3 Å². The summed E-state index contributed by atoms with van der Waals surface area (Å²) in [7, 11) is 0. The van der Waals surface area contributed by atoms with Crippen molar-refractivity contribution in [3.8, 4) is 0 Å².